The van der Waals surface area contributed by atoms with E-state index in [-0.39, 0.29) is 0 Å². The number of para-hydroxylation sites is 2. The number of rotatable bonds is 8. The zero-order valence-electron chi connectivity index (χ0n) is 27.1. The third-order valence-corrected chi connectivity index (χ3v) is 17.3. The number of benzene rings is 5. The highest BCUT2D eigenvalue weighted by Gasteiger charge is 2.25. The Hall–Kier alpha value is -3.87. The summed E-state index contributed by atoms with van der Waals surface area (Å²) in [6.45, 7) is 14.7. The molecule has 0 atom stereocenters. The van der Waals surface area contributed by atoms with Crippen molar-refractivity contribution < 1.29 is 0 Å². The molecule has 44 heavy (non-hydrogen) atoms. The van der Waals surface area contributed by atoms with Gasteiger partial charge in [-0.3, -0.25) is 0 Å². The predicted molar refractivity (Wildman–Crippen MR) is 200 cm³/mol. The summed E-state index contributed by atoms with van der Waals surface area (Å²) in [5, 5.41) is 8.50. The lowest BCUT2D eigenvalue weighted by atomic mass is 10.1. The van der Waals surface area contributed by atoms with Gasteiger partial charge in [0.25, 0.3) is 0 Å². The molecule has 0 aliphatic heterocycles. The van der Waals surface area contributed by atoms with Crippen molar-refractivity contribution in [3.05, 3.63) is 109 Å². The normalized spacial score (nSPS) is 12.7. The minimum absolute atomic E-state index is 1.20. The van der Waals surface area contributed by atoms with Gasteiger partial charge >= 0.3 is 0 Å². The van der Waals surface area contributed by atoms with Crippen molar-refractivity contribution in [2.24, 2.45) is 0 Å². The van der Waals surface area contributed by atoms with Crippen LogP contribution in [-0.2, 0) is 0 Å². The lowest BCUT2D eigenvalue weighted by Gasteiger charge is -2.22. The van der Waals surface area contributed by atoms with Crippen LogP contribution in [0.25, 0.3) is 55.0 Å². The molecule has 0 amide bonds. The van der Waals surface area contributed by atoms with Crippen molar-refractivity contribution in [2.45, 2.75) is 65.0 Å². The molecular formula is C40H44N2Si2. The van der Waals surface area contributed by atoms with Crippen LogP contribution in [0.3, 0.4) is 0 Å². The smallest absolute Gasteiger partial charge is 0.0806 e. The third-order valence-electron chi connectivity index (χ3n) is 10.0. The van der Waals surface area contributed by atoms with E-state index in [4.69, 9.17) is 0 Å². The van der Waals surface area contributed by atoms with E-state index in [0.29, 0.717) is 0 Å². The lowest BCUT2D eigenvalue weighted by Crippen LogP contribution is -2.40. The maximum atomic E-state index is 2.52. The Morgan fingerprint density at radius 2 is 0.841 bits per heavy atom. The fraction of sp³-hybridized carbons (Fsp3) is 0.250. The summed E-state index contributed by atoms with van der Waals surface area (Å²) in [6, 6.07) is 44.2. The highest BCUT2D eigenvalue weighted by molar-refractivity contribution is 6.90. The first-order valence-corrected chi connectivity index (χ1v) is 22.8. The van der Waals surface area contributed by atoms with Crippen LogP contribution in [0.1, 0.15) is 26.7 Å². The zero-order chi connectivity index (χ0) is 30.6. The molecule has 2 aromatic heterocycles. The second-order valence-corrected chi connectivity index (χ2v) is 23.6. The predicted octanol–water partition coefficient (Wildman–Crippen LogP) is 10.5. The second-order valence-electron chi connectivity index (χ2n) is 14.0. The Morgan fingerprint density at radius 1 is 0.432 bits per heavy atom. The number of fused-ring (bicyclic) bond motifs is 6. The van der Waals surface area contributed by atoms with Crippen LogP contribution in [0.2, 0.25) is 38.3 Å². The molecule has 0 spiro atoms. The van der Waals surface area contributed by atoms with Gasteiger partial charge in [-0.05, 0) is 42.5 Å². The van der Waals surface area contributed by atoms with E-state index in [1.54, 1.807) is 10.4 Å². The van der Waals surface area contributed by atoms with Crippen LogP contribution in [0.15, 0.2) is 109 Å². The maximum Gasteiger partial charge on any atom is 0.0806 e. The molecule has 0 aliphatic carbocycles. The fourth-order valence-corrected chi connectivity index (χ4v) is 12.9. The average molecular weight is 609 g/mol. The Labute approximate surface area is 264 Å². The van der Waals surface area contributed by atoms with Crippen molar-refractivity contribution in [3.8, 4) is 11.4 Å². The number of nitrogens with zero attached hydrogens (tertiary/aromatic N) is 2. The van der Waals surface area contributed by atoms with Gasteiger partial charge in [0.15, 0.2) is 0 Å². The Bertz CT molecular complexity index is 2010. The molecule has 7 rings (SSSR count). The molecular weight excluding hydrogens is 565 g/mol. The molecule has 2 nitrogen and oxygen atoms in total. The summed E-state index contributed by atoms with van der Waals surface area (Å²) in [5.74, 6) is 0. The van der Waals surface area contributed by atoms with Gasteiger partial charge in [-0.1, -0.05) is 142 Å². The van der Waals surface area contributed by atoms with Gasteiger partial charge in [-0.15, -0.1) is 0 Å². The Kier molecular flexibility index (Phi) is 7.18. The summed E-state index contributed by atoms with van der Waals surface area (Å²) in [7, 11) is -2.97. The van der Waals surface area contributed by atoms with Gasteiger partial charge < -0.3 is 9.13 Å². The van der Waals surface area contributed by atoms with Crippen LogP contribution in [0.4, 0.5) is 0 Å². The molecule has 5 aromatic carbocycles. The van der Waals surface area contributed by atoms with Gasteiger partial charge in [-0.2, -0.15) is 0 Å². The maximum absolute atomic E-state index is 2.52. The molecule has 7 aromatic rings. The fourth-order valence-electron chi connectivity index (χ4n) is 7.65. The van der Waals surface area contributed by atoms with Gasteiger partial charge in [0.2, 0.25) is 0 Å². The second kappa shape index (κ2) is 10.9. The summed E-state index contributed by atoms with van der Waals surface area (Å²) in [5.41, 5.74) is 7.49. The van der Waals surface area contributed by atoms with E-state index < -0.39 is 16.1 Å². The van der Waals surface area contributed by atoms with E-state index >= 15 is 0 Å². The van der Waals surface area contributed by atoms with E-state index in [2.05, 4.69) is 158 Å². The van der Waals surface area contributed by atoms with E-state index in [0.717, 1.165) is 0 Å². The first-order valence-electron chi connectivity index (χ1n) is 16.4. The Morgan fingerprint density at radius 3 is 1.27 bits per heavy atom. The van der Waals surface area contributed by atoms with Crippen molar-refractivity contribution >= 4 is 70.1 Å². The van der Waals surface area contributed by atoms with Crippen molar-refractivity contribution in [2.75, 3.05) is 0 Å². The van der Waals surface area contributed by atoms with Gasteiger partial charge in [0.1, 0.15) is 0 Å². The minimum Gasteiger partial charge on any atom is -0.309 e. The molecule has 222 valence electrons. The average Bonchev–Trinajstić information content (AvgIpc) is 3.53. The Balaban J connectivity index is 1.44. The van der Waals surface area contributed by atoms with Gasteiger partial charge in [0.05, 0.1) is 38.2 Å². The molecule has 0 aliphatic rings. The van der Waals surface area contributed by atoms with Crippen LogP contribution in [0.5, 0.6) is 0 Å². The third kappa shape index (κ3) is 4.67. The van der Waals surface area contributed by atoms with E-state index in [9.17, 15) is 0 Å². The minimum atomic E-state index is -1.48. The monoisotopic (exact) mass is 608 g/mol. The number of aromatic nitrogens is 2. The summed E-state index contributed by atoms with van der Waals surface area (Å²) in [6.07, 6.45) is 2.49. The van der Waals surface area contributed by atoms with Crippen molar-refractivity contribution in [3.63, 3.8) is 0 Å². The highest BCUT2D eigenvalue weighted by Crippen LogP contribution is 2.35. The van der Waals surface area contributed by atoms with Crippen molar-refractivity contribution in [1.82, 2.24) is 9.13 Å². The molecule has 2 heterocycles. The molecule has 0 fully saturated rings. The standard InChI is InChI=1S/C40H44N2Si2/c1-7-24-43(3,4)31-20-22-39-35(27-31)33-16-9-11-18-37(33)41(39)29-14-13-15-30(26-29)42-38-19-12-10-17-34(38)36-28-32(21-23-40(36)42)44(5,6)25-8-2/h9-23,26-28H,7-8,24-25H2,1-6H3. The van der Waals surface area contributed by atoms with Crippen LogP contribution in [-0.4, -0.2) is 25.3 Å². The summed E-state index contributed by atoms with van der Waals surface area (Å²) in [4.78, 5) is 0. The van der Waals surface area contributed by atoms with Gasteiger partial charge in [-0.25, -0.2) is 0 Å². The largest absolute Gasteiger partial charge is 0.309 e. The first kappa shape index (κ1) is 28.9. The van der Waals surface area contributed by atoms with E-state index in [1.165, 1.54) is 79.9 Å². The van der Waals surface area contributed by atoms with Gasteiger partial charge in [0, 0.05) is 32.9 Å². The van der Waals surface area contributed by atoms with Crippen LogP contribution in [0, 0.1) is 0 Å². The summed E-state index contributed by atoms with van der Waals surface area (Å²) >= 11 is 0. The van der Waals surface area contributed by atoms with Crippen molar-refractivity contribution in [1.29, 1.82) is 0 Å². The number of hydrogen-bond acceptors (Lipinski definition) is 0. The topological polar surface area (TPSA) is 9.86 Å². The molecule has 0 saturated carbocycles. The zero-order valence-corrected chi connectivity index (χ0v) is 29.1. The molecule has 0 bridgehead atoms. The molecule has 4 heteroatoms. The van der Waals surface area contributed by atoms with E-state index in [1.807, 2.05) is 0 Å². The first-order chi connectivity index (χ1) is 21.2. The quantitative estimate of drug-likeness (QED) is 0.152. The number of hydrogen-bond donors (Lipinski definition) is 0. The van der Waals surface area contributed by atoms with Crippen LogP contribution < -0.4 is 10.4 Å². The van der Waals surface area contributed by atoms with Crippen LogP contribution >= 0.6 is 0 Å². The summed E-state index contributed by atoms with van der Waals surface area (Å²) < 4.78 is 4.94. The molecule has 0 N–H and O–H groups in total. The molecule has 0 unspecified atom stereocenters. The SMILES string of the molecule is CCC[Si](C)(C)c1ccc2c(c1)c1ccccc1n2-c1cccc(-n2c3ccccc3c3cc([Si](C)(C)CCC)ccc32)c1. The molecule has 0 radical (unpaired) electrons. The lowest BCUT2D eigenvalue weighted by molar-refractivity contribution is 1.05. The highest BCUT2D eigenvalue weighted by atomic mass is 28.3. The molecule has 0 saturated heterocycles.